The van der Waals surface area contributed by atoms with E-state index in [9.17, 15) is 19.7 Å². The number of hydrogen-bond acceptors (Lipinski definition) is 6. The van der Waals surface area contributed by atoms with Crippen molar-refractivity contribution in [2.75, 3.05) is 5.32 Å². The van der Waals surface area contributed by atoms with Crippen LogP contribution in [0.2, 0.25) is 0 Å². The summed E-state index contributed by atoms with van der Waals surface area (Å²) in [6.07, 6.45) is -0.248. The molecule has 2 amide bonds. The normalized spacial score (nSPS) is 19.4. The fourth-order valence-electron chi connectivity index (χ4n) is 3.05. The van der Waals surface area contributed by atoms with Gasteiger partial charge in [0.25, 0.3) is 11.6 Å². The summed E-state index contributed by atoms with van der Waals surface area (Å²) in [5.74, 6) is -0.242. The van der Waals surface area contributed by atoms with Gasteiger partial charge in [0, 0.05) is 35.7 Å². The lowest BCUT2D eigenvalue weighted by atomic mass is 10.1. The van der Waals surface area contributed by atoms with Gasteiger partial charge < -0.3 is 10.6 Å². The predicted molar refractivity (Wildman–Crippen MR) is 97.1 cm³/mol. The summed E-state index contributed by atoms with van der Waals surface area (Å²) in [6.45, 7) is 5.17. The second-order valence-electron chi connectivity index (χ2n) is 6.52. The van der Waals surface area contributed by atoms with Gasteiger partial charge in [-0.25, -0.2) is 4.68 Å². The van der Waals surface area contributed by atoms with Gasteiger partial charge in [0.2, 0.25) is 5.91 Å². The van der Waals surface area contributed by atoms with Crippen molar-refractivity contribution in [1.82, 2.24) is 20.4 Å². The lowest BCUT2D eigenvalue weighted by Gasteiger charge is -2.30. The first-order chi connectivity index (χ1) is 12.8. The predicted octanol–water partition coefficient (Wildman–Crippen LogP) is 1.61. The second-order valence-corrected chi connectivity index (χ2v) is 6.52. The highest BCUT2D eigenvalue weighted by atomic mass is 16.6. The Labute approximate surface area is 155 Å². The van der Waals surface area contributed by atoms with Crippen molar-refractivity contribution < 1.29 is 14.5 Å². The number of aryl methyl sites for hydroxylation is 1. The molecule has 1 aromatic carbocycles. The van der Waals surface area contributed by atoms with Gasteiger partial charge in [-0.05, 0) is 26.8 Å². The molecule has 1 aliphatic heterocycles. The number of hydrogen-bond donors (Lipinski definition) is 3. The zero-order valence-corrected chi connectivity index (χ0v) is 15.1. The zero-order chi connectivity index (χ0) is 19.7. The van der Waals surface area contributed by atoms with Crippen LogP contribution >= 0.6 is 0 Å². The van der Waals surface area contributed by atoms with Gasteiger partial charge in [-0.15, -0.1) is 0 Å². The van der Waals surface area contributed by atoms with Gasteiger partial charge in [-0.1, -0.05) is 6.07 Å². The molecule has 0 spiro atoms. The van der Waals surface area contributed by atoms with Gasteiger partial charge in [-0.2, -0.15) is 5.10 Å². The van der Waals surface area contributed by atoms with E-state index < -0.39 is 17.1 Å². The summed E-state index contributed by atoms with van der Waals surface area (Å²) in [7, 11) is 0. The molecule has 2 atom stereocenters. The number of benzene rings is 1. The Balaban J connectivity index is 1.89. The number of carbonyl (C=O) groups is 2. The van der Waals surface area contributed by atoms with E-state index in [-0.39, 0.29) is 28.8 Å². The maximum Gasteiger partial charge on any atom is 0.273 e. The number of nitro groups is 1. The highest BCUT2D eigenvalue weighted by Crippen LogP contribution is 2.23. The van der Waals surface area contributed by atoms with Crippen molar-refractivity contribution in [1.29, 1.82) is 0 Å². The van der Waals surface area contributed by atoms with Crippen LogP contribution in [0.4, 0.5) is 11.5 Å². The van der Waals surface area contributed by atoms with Crippen LogP contribution in [-0.4, -0.2) is 32.6 Å². The summed E-state index contributed by atoms with van der Waals surface area (Å²) in [5.41, 5.74) is 1.00. The quantitative estimate of drug-likeness (QED) is 0.552. The fourth-order valence-corrected chi connectivity index (χ4v) is 3.05. The highest BCUT2D eigenvalue weighted by molar-refractivity contribution is 6.05. The third kappa shape index (κ3) is 3.80. The molecule has 0 aliphatic carbocycles. The molecule has 2 unspecified atom stereocenters. The molecular formula is C17H20N6O4. The number of amides is 2. The van der Waals surface area contributed by atoms with Crippen molar-refractivity contribution in [2.45, 2.75) is 39.5 Å². The molecule has 0 radical (unpaired) electrons. The van der Waals surface area contributed by atoms with E-state index in [1.54, 1.807) is 13.0 Å². The molecule has 1 aliphatic rings. The molecule has 0 saturated carbocycles. The molecule has 2 heterocycles. The largest absolute Gasteiger partial charge is 0.322 e. The molecule has 3 rings (SSSR count). The van der Waals surface area contributed by atoms with E-state index >= 15 is 0 Å². The number of aromatic nitrogens is 2. The number of anilines is 1. The van der Waals surface area contributed by atoms with Gasteiger partial charge in [0.1, 0.15) is 5.82 Å². The average Bonchev–Trinajstić information content (AvgIpc) is 2.94. The second kappa shape index (κ2) is 7.16. The molecule has 1 aromatic heterocycles. The maximum absolute atomic E-state index is 12.7. The Kier molecular flexibility index (Phi) is 4.91. The molecule has 10 heteroatoms. The zero-order valence-electron chi connectivity index (χ0n) is 15.1. The minimum Gasteiger partial charge on any atom is -0.322 e. The monoisotopic (exact) mass is 372 g/mol. The lowest BCUT2D eigenvalue weighted by Crippen LogP contribution is -2.52. The summed E-state index contributed by atoms with van der Waals surface area (Å²) in [5, 5.41) is 24.1. The van der Waals surface area contributed by atoms with E-state index in [1.165, 1.54) is 29.8 Å². The molecule has 3 N–H and O–H groups in total. The number of rotatable bonds is 4. The van der Waals surface area contributed by atoms with Gasteiger partial charge in [0.15, 0.2) is 6.29 Å². The minimum atomic E-state index is -0.601. The van der Waals surface area contributed by atoms with Crippen LogP contribution in [0.1, 0.15) is 41.2 Å². The molecule has 10 nitrogen and oxygen atoms in total. The van der Waals surface area contributed by atoms with Crippen molar-refractivity contribution in [2.24, 2.45) is 0 Å². The lowest BCUT2D eigenvalue weighted by molar-refractivity contribution is -0.385. The summed E-state index contributed by atoms with van der Waals surface area (Å²) in [6, 6.07) is 5.96. The van der Waals surface area contributed by atoms with Crippen molar-refractivity contribution in [3.05, 3.63) is 51.2 Å². The first-order valence-electron chi connectivity index (χ1n) is 8.43. The van der Waals surface area contributed by atoms with Gasteiger partial charge in [-0.3, -0.25) is 25.0 Å². The van der Waals surface area contributed by atoms with Crippen LogP contribution in [0.15, 0.2) is 24.3 Å². The third-order valence-electron chi connectivity index (χ3n) is 4.32. The molecule has 1 saturated heterocycles. The summed E-state index contributed by atoms with van der Waals surface area (Å²) in [4.78, 5) is 35.1. The molecule has 2 aromatic rings. The van der Waals surface area contributed by atoms with Crippen molar-refractivity contribution in [3.8, 4) is 0 Å². The third-order valence-corrected chi connectivity index (χ3v) is 4.32. The molecular weight excluding hydrogens is 352 g/mol. The molecule has 1 fully saturated rings. The van der Waals surface area contributed by atoms with E-state index in [0.717, 1.165) is 0 Å². The smallest absolute Gasteiger partial charge is 0.273 e. The van der Waals surface area contributed by atoms with E-state index in [0.29, 0.717) is 17.9 Å². The van der Waals surface area contributed by atoms with Gasteiger partial charge in [0.05, 0.1) is 10.6 Å². The molecule has 142 valence electrons. The number of nitrogens with one attached hydrogen (secondary N) is 3. The number of nitro benzene ring substituents is 1. The fraction of sp³-hybridized carbons (Fsp3) is 0.353. The molecule has 27 heavy (non-hydrogen) atoms. The Morgan fingerprint density at radius 2 is 2.15 bits per heavy atom. The first kappa shape index (κ1) is 18.5. The van der Waals surface area contributed by atoms with Crippen LogP contribution in [0.5, 0.6) is 0 Å². The van der Waals surface area contributed by atoms with Crippen LogP contribution < -0.4 is 16.0 Å². The Morgan fingerprint density at radius 3 is 2.81 bits per heavy atom. The SMILES string of the molecule is Cc1cc(NC(=O)c2cccc([N+](=O)[O-])c2C)n(C2NC(=O)CC(C)N2)n1. The van der Waals surface area contributed by atoms with Gasteiger partial charge >= 0.3 is 0 Å². The standard InChI is InChI=1S/C17H20N6O4/c1-9-8-15(24)20-17(18-9)22-14(7-10(2)21-22)19-16(25)12-5-4-6-13(11(12)3)23(26)27/h4-7,9,17-18H,8H2,1-3H3,(H,19,25)(H,20,24). The Bertz CT molecular complexity index is 922. The van der Waals surface area contributed by atoms with Crippen LogP contribution in [-0.2, 0) is 4.79 Å². The number of carbonyl (C=O) groups excluding carboxylic acids is 2. The maximum atomic E-state index is 12.7. The highest BCUT2D eigenvalue weighted by Gasteiger charge is 2.27. The Hall–Kier alpha value is -3.27. The van der Waals surface area contributed by atoms with E-state index in [1.807, 2.05) is 6.92 Å². The summed E-state index contributed by atoms with van der Waals surface area (Å²) >= 11 is 0. The number of nitrogens with zero attached hydrogens (tertiary/aromatic N) is 3. The van der Waals surface area contributed by atoms with Crippen molar-refractivity contribution >= 4 is 23.3 Å². The van der Waals surface area contributed by atoms with E-state index in [4.69, 9.17) is 0 Å². The van der Waals surface area contributed by atoms with Crippen LogP contribution in [0.3, 0.4) is 0 Å². The van der Waals surface area contributed by atoms with Crippen LogP contribution in [0, 0.1) is 24.0 Å². The van der Waals surface area contributed by atoms with E-state index in [2.05, 4.69) is 21.0 Å². The summed E-state index contributed by atoms with van der Waals surface area (Å²) < 4.78 is 1.48. The Morgan fingerprint density at radius 1 is 1.41 bits per heavy atom. The minimum absolute atomic E-state index is 0.0455. The topological polar surface area (TPSA) is 131 Å². The van der Waals surface area contributed by atoms with Crippen molar-refractivity contribution in [3.63, 3.8) is 0 Å². The first-order valence-corrected chi connectivity index (χ1v) is 8.43. The van der Waals surface area contributed by atoms with Crippen LogP contribution in [0.25, 0.3) is 0 Å². The molecule has 0 bridgehead atoms. The average molecular weight is 372 g/mol.